The molecule has 0 fully saturated rings. The van der Waals surface area contributed by atoms with E-state index in [2.05, 4.69) is 28.9 Å². The highest BCUT2D eigenvalue weighted by Gasteiger charge is 2.12. The summed E-state index contributed by atoms with van der Waals surface area (Å²) < 4.78 is 2.26. The number of aromatic nitrogens is 1. The Morgan fingerprint density at radius 1 is 0.889 bits per heavy atom. The summed E-state index contributed by atoms with van der Waals surface area (Å²) in [4.78, 5) is 23.9. The Kier molecular flexibility index (Phi) is 4.12. The Hall–Kier alpha value is -3.60. The minimum atomic E-state index is -0.557. The Morgan fingerprint density at radius 2 is 1.63 bits per heavy atom. The van der Waals surface area contributed by atoms with Crippen LogP contribution in [0.5, 0.6) is 0 Å². The molecule has 4 aromatic rings. The van der Waals surface area contributed by atoms with Crippen molar-refractivity contribution in [3.05, 3.63) is 77.9 Å². The number of carbonyl (C=O) groups excluding carboxylic acids is 2. The lowest BCUT2D eigenvalue weighted by Crippen LogP contribution is -2.15. The molecule has 0 bridgehead atoms. The first kappa shape index (κ1) is 16.8. The fourth-order valence-electron chi connectivity index (χ4n) is 3.49. The second-order valence-corrected chi connectivity index (χ2v) is 6.39. The van der Waals surface area contributed by atoms with Gasteiger partial charge in [-0.3, -0.25) is 9.59 Å². The number of primary amides is 1. The number of hydrogen-bond acceptors (Lipinski definition) is 2. The van der Waals surface area contributed by atoms with Gasteiger partial charge in [-0.1, -0.05) is 24.3 Å². The van der Waals surface area contributed by atoms with Crippen LogP contribution >= 0.6 is 0 Å². The maximum atomic E-state index is 12.6. The number of fused-ring (bicyclic) bond motifs is 3. The molecule has 0 aliphatic heterocycles. The highest BCUT2D eigenvalue weighted by molar-refractivity contribution is 6.11. The fraction of sp³-hybridized carbons (Fsp3) is 0.0909. The topological polar surface area (TPSA) is 77.1 Å². The Bertz CT molecular complexity index is 1190. The van der Waals surface area contributed by atoms with Crippen LogP contribution in [0.25, 0.3) is 21.8 Å². The molecule has 3 aromatic carbocycles. The van der Waals surface area contributed by atoms with Crippen LogP contribution in [0.15, 0.2) is 66.7 Å². The number of para-hydroxylation sites is 1. The van der Waals surface area contributed by atoms with Crippen LogP contribution in [-0.4, -0.2) is 16.4 Å². The maximum absolute atomic E-state index is 12.6. The lowest BCUT2D eigenvalue weighted by Gasteiger charge is -2.07. The third kappa shape index (κ3) is 2.93. The number of rotatable bonds is 4. The van der Waals surface area contributed by atoms with Crippen LogP contribution in [0.1, 0.15) is 27.6 Å². The predicted molar refractivity (Wildman–Crippen MR) is 108 cm³/mol. The molecule has 0 radical (unpaired) electrons. The van der Waals surface area contributed by atoms with E-state index in [0.29, 0.717) is 16.8 Å². The first-order valence-corrected chi connectivity index (χ1v) is 8.80. The van der Waals surface area contributed by atoms with Crippen LogP contribution in [0.3, 0.4) is 0 Å². The van der Waals surface area contributed by atoms with Crippen LogP contribution < -0.4 is 11.1 Å². The number of nitrogens with one attached hydrogen (secondary N) is 1. The molecule has 0 aliphatic carbocycles. The van der Waals surface area contributed by atoms with E-state index in [1.807, 2.05) is 30.3 Å². The van der Waals surface area contributed by atoms with E-state index >= 15 is 0 Å². The second-order valence-electron chi connectivity index (χ2n) is 6.39. The highest BCUT2D eigenvalue weighted by Crippen LogP contribution is 2.31. The van der Waals surface area contributed by atoms with Gasteiger partial charge in [0.25, 0.3) is 5.91 Å². The van der Waals surface area contributed by atoms with E-state index in [4.69, 9.17) is 5.73 Å². The summed E-state index contributed by atoms with van der Waals surface area (Å²) in [5.41, 5.74) is 9.00. The van der Waals surface area contributed by atoms with Crippen LogP contribution in [0.4, 0.5) is 5.69 Å². The summed E-state index contributed by atoms with van der Waals surface area (Å²) in [6.07, 6.45) is 0. The summed E-state index contributed by atoms with van der Waals surface area (Å²) >= 11 is 0. The number of nitrogens with two attached hydrogens (primary N) is 1. The first-order chi connectivity index (χ1) is 13.1. The molecule has 0 aliphatic rings. The van der Waals surface area contributed by atoms with Crippen molar-refractivity contribution in [2.45, 2.75) is 13.5 Å². The van der Waals surface area contributed by atoms with Gasteiger partial charge in [0.05, 0.1) is 0 Å². The van der Waals surface area contributed by atoms with Crippen molar-refractivity contribution in [1.82, 2.24) is 4.57 Å². The van der Waals surface area contributed by atoms with Crippen molar-refractivity contribution < 1.29 is 9.59 Å². The molecule has 5 heteroatoms. The van der Waals surface area contributed by atoms with Gasteiger partial charge in [-0.05, 0) is 49.4 Å². The third-order valence-electron chi connectivity index (χ3n) is 4.76. The molecule has 3 N–H and O–H groups in total. The number of benzene rings is 3. The van der Waals surface area contributed by atoms with Gasteiger partial charge in [0.1, 0.15) is 0 Å². The number of aryl methyl sites for hydroxylation is 1. The molecule has 0 spiro atoms. The van der Waals surface area contributed by atoms with Crippen molar-refractivity contribution in [1.29, 1.82) is 0 Å². The summed E-state index contributed by atoms with van der Waals surface area (Å²) in [7, 11) is 0. The van der Waals surface area contributed by atoms with Gasteiger partial charge in [0.15, 0.2) is 0 Å². The third-order valence-corrected chi connectivity index (χ3v) is 4.76. The Labute approximate surface area is 156 Å². The summed E-state index contributed by atoms with van der Waals surface area (Å²) in [5, 5.41) is 5.16. The molecule has 2 amide bonds. The quantitative estimate of drug-likeness (QED) is 0.575. The largest absolute Gasteiger partial charge is 0.366 e. The van der Waals surface area contributed by atoms with E-state index in [0.717, 1.165) is 22.8 Å². The molecule has 0 unspecified atom stereocenters. The van der Waals surface area contributed by atoms with Crippen LogP contribution in [-0.2, 0) is 6.54 Å². The lowest BCUT2D eigenvalue weighted by molar-refractivity contribution is 0.1000. The van der Waals surface area contributed by atoms with Crippen LogP contribution in [0.2, 0.25) is 0 Å². The van der Waals surface area contributed by atoms with E-state index in [9.17, 15) is 9.59 Å². The lowest BCUT2D eigenvalue weighted by atomic mass is 10.1. The van der Waals surface area contributed by atoms with Crippen LogP contribution in [0, 0.1) is 0 Å². The van der Waals surface area contributed by atoms with E-state index in [1.54, 1.807) is 18.2 Å². The normalized spacial score (nSPS) is 11.0. The van der Waals surface area contributed by atoms with Gasteiger partial charge in [0, 0.05) is 45.2 Å². The molecule has 27 heavy (non-hydrogen) atoms. The number of carbonyl (C=O) groups is 2. The summed E-state index contributed by atoms with van der Waals surface area (Å²) in [6, 6.07) is 20.5. The first-order valence-electron chi connectivity index (χ1n) is 8.80. The maximum Gasteiger partial charge on any atom is 0.255 e. The zero-order chi connectivity index (χ0) is 19.0. The molecule has 4 rings (SSSR count). The molecule has 134 valence electrons. The number of nitrogens with zero attached hydrogens (tertiary/aromatic N) is 1. The van der Waals surface area contributed by atoms with E-state index < -0.39 is 5.91 Å². The predicted octanol–water partition coefficient (Wildman–Crippen LogP) is 4.17. The number of hydrogen-bond donors (Lipinski definition) is 2. The summed E-state index contributed by atoms with van der Waals surface area (Å²) in [5.74, 6) is -0.838. The second kappa shape index (κ2) is 6.61. The van der Waals surface area contributed by atoms with Gasteiger partial charge in [-0.25, -0.2) is 0 Å². The monoisotopic (exact) mass is 357 g/mol. The van der Waals surface area contributed by atoms with Gasteiger partial charge < -0.3 is 15.6 Å². The van der Waals surface area contributed by atoms with Crippen molar-refractivity contribution in [2.24, 2.45) is 5.73 Å². The van der Waals surface area contributed by atoms with E-state index in [1.165, 1.54) is 11.6 Å². The molecule has 0 atom stereocenters. The van der Waals surface area contributed by atoms with Gasteiger partial charge in [-0.2, -0.15) is 0 Å². The van der Waals surface area contributed by atoms with E-state index in [-0.39, 0.29) is 5.91 Å². The molecule has 1 heterocycles. The zero-order valence-corrected chi connectivity index (χ0v) is 14.9. The molecular formula is C22H19N3O2. The fourth-order valence-corrected chi connectivity index (χ4v) is 3.49. The minimum absolute atomic E-state index is 0.281. The highest BCUT2D eigenvalue weighted by atomic mass is 16.2. The zero-order valence-electron chi connectivity index (χ0n) is 14.9. The van der Waals surface area contributed by atoms with Crippen molar-refractivity contribution in [3.8, 4) is 0 Å². The van der Waals surface area contributed by atoms with Crippen molar-refractivity contribution >= 4 is 39.3 Å². The smallest absolute Gasteiger partial charge is 0.255 e. The average Bonchev–Trinajstić information content (AvgIpc) is 3.01. The van der Waals surface area contributed by atoms with Gasteiger partial charge >= 0.3 is 0 Å². The summed E-state index contributed by atoms with van der Waals surface area (Å²) in [6.45, 7) is 2.99. The number of amides is 2. The van der Waals surface area contributed by atoms with Crippen molar-refractivity contribution in [2.75, 3.05) is 5.32 Å². The van der Waals surface area contributed by atoms with Gasteiger partial charge in [-0.15, -0.1) is 0 Å². The SMILES string of the molecule is CCn1c2ccccc2c2cc(NC(=O)c3cccc(C(N)=O)c3)ccc21. The average molecular weight is 357 g/mol. The molecule has 0 saturated carbocycles. The molecular weight excluding hydrogens is 338 g/mol. The standard InChI is InChI=1S/C22H19N3O2/c1-2-25-19-9-4-3-8-17(19)18-13-16(10-11-20(18)25)24-22(27)15-7-5-6-14(12-15)21(23)26/h3-13H,2H2,1H3,(H2,23,26)(H,24,27). The Balaban J connectivity index is 1.72. The number of anilines is 1. The Morgan fingerprint density at radius 3 is 2.41 bits per heavy atom. The molecule has 5 nitrogen and oxygen atoms in total. The van der Waals surface area contributed by atoms with Crippen molar-refractivity contribution in [3.63, 3.8) is 0 Å². The molecule has 0 saturated heterocycles. The minimum Gasteiger partial charge on any atom is -0.366 e. The van der Waals surface area contributed by atoms with Gasteiger partial charge in [0.2, 0.25) is 5.91 Å². The molecule has 1 aromatic heterocycles.